The van der Waals surface area contributed by atoms with E-state index < -0.39 is 0 Å². The van der Waals surface area contributed by atoms with Crippen LogP contribution in [0.25, 0.3) is 11.0 Å². The molecular formula is C21H20O5. The molecule has 0 spiro atoms. The molecule has 0 N–H and O–H groups in total. The zero-order valence-corrected chi connectivity index (χ0v) is 15.0. The van der Waals surface area contributed by atoms with Crippen molar-refractivity contribution in [3.05, 3.63) is 64.0 Å². The number of methoxy groups -OCH3 is 3. The van der Waals surface area contributed by atoms with E-state index in [9.17, 15) is 4.79 Å². The van der Waals surface area contributed by atoms with Crippen molar-refractivity contribution in [3.8, 4) is 17.2 Å². The van der Waals surface area contributed by atoms with Crippen LogP contribution in [0, 0.1) is 0 Å². The second-order valence-corrected chi connectivity index (χ2v) is 6.44. The highest BCUT2D eigenvalue weighted by molar-refractivity contribution is 5.76. The Hall–Kier alpha value is -2.95. The van der Waals surface area contributed by atoms with E-state index in [1.165, 1.54) is 0 Å². The fourth-order valence-electron chi connectivity index (χ4n) is 3.59. The van der Waals surface area contributed by atoms with Crippen molar-refractivity contribution in [2.75, 3.05) is 21.3 Å². The Labute approximate surface area is 151 Å². The summed E-state index contributed by atoms with van der Waals surface area (Å²) in [4.78, 5) is 12.5. The van der Waals surface area contributed by atoms with E-state index >= 15 is 0 Å². The molecule has 1 saturated carbocycles. The standard InChI is InChI=1S/C21H20O5/c1-23-17-9-8-14(19(24-2)20(17)25-3)21(10-11-21)18-12-15(22)13-6-4-5-7-16(13)26-18/h4-9,12H,10-11H2,1-3H3. The maximum atomic E-state index is 12.5. The Balaban J connectivity index is 1.92. The first-order valence-corrected chi connectivity index (χ1v) is 8.47. The van der Waals surface area contributed by atoms with E-state index in [1.807, 2.05) is 30.3 Å². The molecule has 1 aliphatic carbocycles. The molecule has 0 atom stereocenters. The molecule has 5 heteroatoms. The van der Waals surface area contributed by atoms with Crippen LogP contribution in [-0.4, -0.2) is 21.3 Å². The summed E-state index contributed by atoms with van der Waals surface area (Å²) in [7, 11) is 4.78. The normalized spacial score (nSPS) is 14.9. The van der Waals surface area contributed by atoms with Crippen LogP contribution < -0.4 is 19.6 Å². The van der Waals surface area contributed by atoms with Crippen LogP contribution >= 0.6 is 0 Å². The molecule has 0 amide bonds. The third-order valence-electron chi connectivity index (χ3n) is 5.08. The zero-order chi connectivity index (χ0) is 18.3. The van der Waals surface area contributed by atoms with Crippen molar-refractivity contribution < 1.29 is 18.6 Å². The molecule has 0 radical (unpaired) electrons. The van der Waals surface area contributed by atoms with Gasteiger partial charge in [-0.05, 0) is 31.0 Å². The Morgan fingerprint density at radius 1 is 0.923 bits per heavy atom. The summed E-state index contributed by atoms with van der Waals surface area (Å²) < 4.78 is 22.7. The summed E-state index contributed by atoms with van der Waals surface area (Å²) in [6.07, 6.45) is 1.75. The maximum Gasteiger partial charge on any atom is 0.203 e. The number of rotatable bonds is 5. The fraction of sp³-hybridized carbons (Fsp3) is 0.286. The molecule has 0 aliphatic heterocycles. The van der Waals surface area contributed by atoms with Crippen molar-refractivity contribution in [2.45, 2.75) is 18.3 Å². The Kier molecular flexibility index (Phi) is 3.87. The molecule has 1 aromatic heterocycles. The van der Waals surface area contributed by atoms with Crippen LogP contribution in [0.2, 0.25) is 0 Å². The minimum absolute atomic E-state index is 0.0347. The molecule has 0 unspecified atom stereocenters. The maximum absolute atomic E-state index is 12.5. The first-order chi connectivity index (χ1) is 12.6. The first-order valence-electron chi connectivity index (χ1n) is 8.47. The number of para-hydroxylation sites is 1. The highest BCUT2D eigenvalue weighted by atomic mass is 16.5. The summed E-state index contributed by atoms with van der Waals surface area (Å²) in [5, 5.41) is 0.589. The molecule has 134 valence electrons. The van der Waals surface area contributed by atoms with Crippen LogP contribution in [0.4, 0.5) is 0 Å². The highest BCUT2D eigenvalue weighted by Gasteiger charge is 2.51. The average Bonchev–Trinajstić information content (AvgIpc) is 3.48. The molecule has 1 heterocycles. The van der Waals surface area contributed by atoms with Gasteiger partial charge < -0.3 is 18.6 Å². The molecule has 1 fully saturated rings. The van der Waals surface area contributed by atoms with Gasteiger partial charge in [0, 0.05) is 11.6 Å². The summed E-state index contributed by atoms with van der Waals surface area (Å²) >= 11 is 0. The Morgan fingerprint density at radius 3 is 2.31 bits per heavy atom. The van der Waals surface area contributed by atoms with Crippen LogP contribution in [0.3, 0.4) is 0 Å². The van der Waals surface area contributed by atoms with Gasteiger partial charge in [0.1, 0.15) is 11.3 Å². The second-order valence-electron chi connectivity index (χ2n) is 6.44. The van der Waals surface area contributed by atoms with Crippen molar-refractivity contribution >= 4 is 11.0 Å². The van der Waals surface area contributed by atoms with Crippen LogP contribution in [0.15, 0.2) is 51.7 Å². The fourth-order valence-corrected chi connectivity index (χ4v) is 3.59. The molecular weight excluding hydrogens is 332 g/mol. The summed E-state index contributed by atoms with van der Waals surface area (Å²) in [6, 6.07) is 12.7. The van der Waals surface area contributed by atoms with Crippen LogP contribution in [-0.2, 0) is 5.41 Å². The molecule has 5 nitrogen and oxygen atoms in total. The molecule has 0 saturated heterocycles. The van der Waals surface area contributed by atoms with Gasteiger partial charge >= 0.3 is 0 Å². The second kappa shape index (κ2) is 6.09. The van der Waals surface area contributed by atoms with E-state index in [-0.39, 0.29) is 10.8 Å². The molecule has 2 aromatic carbocycles. The van der Waals surface area contributed by atoms with Gasteiger partial charge in [-0.1, -0.05) is 18.2 Å². The average molecular weight is 352 g/mol. The molecule has 1 aliphatic rings. The minimum atomic E-state index is -0.381. The molecule has 26 heavy (non-hydrogen) atoms. The Morgan fingerprint density at radius 2 is 1.65 bits per heavy atom. The van der Waals surface area contributed by atoms with E-state index in [0.717, 1.165) is 18.4 Å². The molecule has 4 rings (SSSR count). The minimum Gasteiger partial charge on any atom is -0.493 e. The Bertz CT molecular complexity index is 1030. The quantitative estimate of drug-likeness (QED) is 0.697. The third kappa shape index (κ3) is 2.35. The lowest BCUT2D eigenvalue weighted by Gasteiger charge is -2.21. The SMILES string of the molecule is COc1ccc(C2(c3cc(=O)c4ccccc4o3)CC2)c(OC)c1OC. The van der Waals surface area contributed by atoms with Crippen LogP contribution in [0.5, 0.6) is 17.2 Å². The van der Waals surface area contributed by atoms with Gasteiger partial charge in [-0.3, -0.25) is 4.79 Å². The van der Waals surface area contributed by atoms with Crippen molar-refractivity contribution in [1.29, 1.82) is 0 Å². The number of fused-ring (bicyclic) bond motifs is 1. The number of benzene rings is 2. The van der Waals surface area contributed by atoms with Gasteiger partial charge in [0.2, 0.25) is 5.75 Å². The molecule has 0 bridgehead atoms. The van der Waals surface area contributed by atoms with Crippen molar-refractivity contribution in [3.63, 3.8) is 0 Å². The lowest BCUT2D eigenvalue weighted by atomic mass is 9.91. The van der Waals surface area contributed by atoms with E-state index in [1.54, 1.807) is 33.5 Å². The summed E-state index contributed by atoms with van der Waals surface area (Å²) in [5.74, 6) is 2.41. The third-order valence-corrected chi connectivity index (χ3v) is 5.08. The smallest absolute Gasteiger partial charge is 0.203 e. The monoisotopic (exact) mass is 352 g/mol. The van der Waals surface area contributed by atoms with E-state index in [0.29, 0.717) is 34.0 Å². The van der Waals surface area contributed by atoms with Gasteiger partial charge in [-0.15, -0.1) is 0 Å². The number of ether oxygens (including phenoxy) is 3. The van der Waals surface area contributed by atoms with Gasteiger partial charge in [-0.25, -0.2) is 0 Å². The van der Waals surface area contributed by atoms with E-state index in [4.69, 9.17) is 18.6 Å². The van der Waals surface area contributed by atoms with Gasteiger partial charge in [0.15, 0.2) is 16.9 Å². The lowest BCUT2D eigenvalue weighted by molar-refractivity contribution is 0.320. The first kappa shape index (κ1) is 16.5. The van der Waals surface area contributed by atoms with Gasteiger partial charge in [-0.2, -0.15) is 0 Å². The lowest BCUT2D eigenvalue weighted by Crippen LogP contribution is -2.14. The predicted octanol–water partition coefficient (Wildman–Crippen LogP) is 3.90. The predicted molar refractivity (Wildman–Crippen MR) is 98.6 cm³/mol. The summed E-state index contributed by atoms with van der Waals surface area (Å²) in [6.45, 7) is 0. The van der Waals surface area contributed by atoms with Gasteiger partial charge in [0.25, 0.3) is 0 Å². The van der Waals surface area contributed by atoms with Gasteiger partial charge in [0.05, 0.1) is 32.1 Å². The number of hydrogen-bond donors (Lipinski definition) is 0. The van der Waals surface area contributed by atoms with Crippen molar-refractivity contribution in [1.82, 2.24) is 0 Å². The topological polar surface area (TPSA) is 57.9 Å². The zero-order valence-electron chi connectivity index (χ0n) is 15.0. The molecule has 3 aromatic rings. The highest BCUT2D eigenvalue weighted by Crippen LogP contribution is 2.58. The number of hydrogen-bond acceptors (Lipinski definition) is 5. The van der Waals surface area contributed by atoms with E-state index in [2.05, 4.69) is 0 Å². The van der Waals surface area contributed by atoms with Crippen LogP contribution in [0.1, 0.15) is 24.2 Å². The largest absolute Gasteiger partial charge is 0.493 e. The summed E-state index contributed by atoms with van der Waals surface area (Å²) in [5.41, 5.74) is 1.12. The van der Waals surface area contributed by atoms with Crippen molar-refractivity contribution in [2.24, 2.45) is 0 Å².